The largest absolute Gasteiger partial charge is 0.481 e. The molecule has 11 heteroatoms. The van der Waals surface area contributed by atoms with Crippen LogP contribution in [0.25, 0.3) is 0 Å². The van der Waals surface area contributed by atoms with E-state index in [2.05, 4.69) is 27.8 Å². The fraction of sp³-hybridized carbons (Fsp3) is 0.346. The lowest BCUT2D eigenvalue weighted by molar-refractivity contribution is -0.127. The summed E-state index contributed by atoms with van der Waals surface area (Å²) in [5, 5.41) is 14.3. The smallest absolute Gasteiger partial charge is 0.338 e. The van der Waals surface area contributed by atoms with E-state index in [1.54, 1.807) is 49.7 Å². The fourth-order valence-corrected chi connectivity index (χ4v) is 3.96. The molecule has 0 spiro atoms. The number of hydrogen-bond donors (Lipinski definition) is 2. The minimum atomic E-state index is -0.676. The first-order valence-corrected chi connectivity index (χ1v) is 12.9. The van der Waals surface area contributed by atoms with E-state index in [4.69, 9.17) is 9.47 Å². The molecule has 196 valence electrons. The minimum absolute atomic E-state index is 0.111. The minimum Gasteiger partial charge on any atom is -0.481 e. The number of aromatic nitrogens is 3. The van der Waals surface area contributed by atoms with Gasteiger partial charge in [0.15, 0.2) is 17.1 Å². The zero-order chi connectivity index (χ0) is 26.8. The van der Waals surface area contributed by atoms with Crippen LogP contribution in [0.2, 0.25) is 0 Å². The first-order valence-electron chi connectivity index (χ1n) is 11.9. The summed E-state index contributed by atoms with van der Waals surface area (Å²) in [6.45, 7) is 5.97. The molecule has 0 aliphatic rings. The van der Waals surface area contributed by atoms with E-state index in [-0.39, 0.29) is 24.1 Å². The van der Waals surface area contributed by atoms with Crippen molar-refractivity contribution in [2.45, 2.75) is 45.0 Å². The summed E-state index contributed by atoms with van der Waals surface area (Å²) < 4.78 is 12.4. The summed E-state index contributed by atoms with van der Waals surface area (Å²) in [6.07, 6.45) is 0.260. The van der Waals surface area contributed by atoms with Crippen LogP contribution >= 0.6 is 11.8 Å². The lowest BCUT2D eigenvalue weighted by atomic mass is 10.2. The van der Waals surface area contributed by atoms with Gasteiger partial charge >= 0.3 is 5.97 Å². The zero-order valence-electron chi connectivity index (χ0n) is 21.3. The number of rotatable bonds is 12. The molecule has 1 atom stereocenters. The van der Waals surface area contributed by atoms with Gasteiger partial charge in [0, 0.05) is 12.7 Å². The second-order valence-electron chi connectivity index (χ2n) is 8.07. The van der Waals surface area contributed by atoms with Gasteiger partial charge in [-0.25, -0.2) is 4.79 Å². The molecule has 0 aliphatic heterocycles. The van der Waals surface area contributed by atoms with Gasteiger partial charge in [-0.1, -0.05) is 30.8 Å². The molecule has 3 aromatic rings. The second-order valence-corrected chi connectivity index (χ2v) is 9.01. The van der Waals surface area contributed by atoms with Gasteiger partial charge in [0.2, 0.25) is 5.91 Å². The van der Waals surface area contributed by atoms with Crippen molar-refractivity contribution in [1.29, 1.82) is 0 Å². The topological polar surface area (TPSA) is 124 Å². The number of nitrogens with zero attached hydrogens (tertiary/aromatic N) is 3. The van der Waals surface area contributed by atoms with Crippen LogP contribution in [0.4, 0.5) is 5.69 Å². The molecule has 0 aliphatic carbocycles. The Morgan fingerprint density at radius 1 is 1.03 bits per heavy atom. The van der Waals surface area contributed by atoms with Gasteiger partial charge in [-0.15, -0.1) is 10.2 Å². The van der Waals surface area contributed by atoms with Crippen LogP contribution in [0.1, 0.15) is 42.5 Å². The van der Waals surface area contributed by atoms with Gasteiger partial charge in [-0.2, -0.15) is 0 Å². The highest BCUT2D eigenvalue weighted by atomic mass is 32.2. The van der Waals surface area contributed by atoms with Crippen molar-refractivity contribution in [3.8, 4) is 5.75 Å². The number of amides is 2. The maximum Gasteiger partial charge on any atom is 0.338 e. The summed E-state index contributed by atoms with van der Waals surface area (Å²) in [6, 6.07) is 14.1. The van der Waals surface area contributed by atoms with Crippen molar-refractivity contribution in [3.05, 3.63) is 65.5 Å². The maximum atomic E-state index is 12.5. The highest BCUT2D eigenvalue weighted by Gasteiger charge is 2.17. The third-order valence-electron chi connectivity index (χ3n) is 5.37. The van der Waals surface area contributed by atoms with E-state index in [0.717, 1.165) is 6.42 Å². The van der Waals surface area contributed by atoms with E-state index in [1.807, 2.05) is 24.3 Å². The monoisotopic (exact) mass is 525 g/mol. The Hall–Kier alpha value is -3.86. The van der Waals surface area contributed by atoms with E-state index >= 15 is 0 Å². The quantitative estimate of drug-likeness (QED) is 0.272. The van der Waals surface area contributed by atoms with Crippen LogP contribution in [0.5, 0.6) is 5.75 Å². The predicted octanol–water partition coefficient (Wildman–Crippen LogP) is 3.37. The molecular formula is C26H31N5O5S. The van der Waals surface area contributed by atoms with E-state index in [9.17, 15) is 14.4 Å². The lowest BCUT2D eigenvalue weighted by Gasteiger charge is -2.15. The molecule has 2 aromatic carbocycles. The van der Waals surface area contributed by atoms with E-state index in [1.165, 1.54) is 17.3 Å². The standard InChI is InChI=1S/C26H31N5O5S/c1-5-18-7-13-21(14-8-18)36-17(3)24(33)27-15-22-29-30-26(31(22)4)37-16-23(32)28-20-11-9-19(10-12-20)25(34)35-6-2/h7-14,17H,5-6,15-16H2,1-4H3,(H,27,33)(H,28,32)/t17-/m1/s1. The van der Waals surface area contributed by atoms with Crippen molar-refractivity contribution in [2.24, 2.45) is 7.05 Å². The van der Waals surface area contributed by atoms with Crippen LogP contribution in [-0.4, -0.2) is 51.0 Å². The molecule has 0 radical (unpaired) electrons. The molecule has 1 heterocycles. The number of thioether (sulfide) groups is 1. The van der Waals surface area contributed by atoms with Crippen molar-refractivity contribution >= 4 is 35.2 Å². The third-order valence-corrected chi connectivity index (χ3v) is 6.39. The normalized spacial score (nSPS) is 11.5. The Labute approximate surface area is 220 Å². The summed E-state index contributed by atoms with van der Waals surface area (Å²) in [7, 11) is 1.77. The van der Waals surface area contributed by atoms with Gasteiger partial charge in [-0.3, -0.25) is 9.59 Å². The first-order chi connectivity index (χ1) is 17.8. The van der Waals surface area contributed by atoms with Crippen molar-refractivity contribution in [3.63, 3.8) is 0 Å². The Kier molecular flexibility index (Phi) is 10.1. The molecule has 1 aromatic heterocycles. The molecule has 2 amide bonds. The zero-order valence-corrected chi connectivity index (χ0v) is 22.1. The molecule has 2 N–H and O–H groups in total. The van der Waals surface area contributed by atoms with Crippen LogP contribution in [0.3, 0.4) is 0 Å². The number of esters is 1. The van der Waals surface area contributed by atoms with Crippen molar-refractivity contribution in [1.82, 2.24) is 20.1 Å². The number of hydrogen-bond acceptors (Lipinski definition) is 8. The van der Waals surface area contributed by atoms with Gasteiger partial charge in [0.25, 0.3) is 5.91 Å². The summed E-state index contributed by atoms with van der Waals surface area (Å²) in [5.41, 5.74) is 2.18. The number of aryl methyl sites for hydroxylation is 1. The van der Waals surface area contributed by atoms with Gasteiger partial charge in [0.05, 0.1) is 24.5 Å². The highest BCUT2D eigenvalue weighted by Crippen LogP contribution is 2.18. The van der Waals surface area contributed by atoms with Crippen molar-refractivity contribution < 1.29 is 23.9 Å². The third kappa shape index (κ3) is 8.07. The number of nitrogens with one attached hydrogen (secondary N) is 2. The van der Waals surface area contributed by atoms with Gasteiger partial charge in [-0.05, 0) is 62.2 Å². The van der Waals surface area contributed by atoms with E-state index < -0.39 is 12.1 Å². The number of carbonyl (C=O) groups excluding carboxylic acids is 3. The Bertz CT molecular complexity index is 1210. The van der Waals surface area contributed by atoms with Crippen LogP contribution in [0, 0.1) is 0 Å². The summed E-state index contributed by atoms with van der Waals surface area (Å²) in [5.74, 6) is 0.374. The lowest BCUT2D eigenvalue weighted by Crippen LogP contribution is -2.36. The van der Waals surface area contributed by atoms with Crippen molar-refractivity contribution in [2.75, 3.05) is 17.7 Å². The molecule has 3 rings (SSSR count). The number of ether oxygens (including phenoxy) is 2. The van der Waals surface area contributed by atoms with Gasteiger partial charge < -0.3 is 24.7 Å². The number of anilines is 1. The Morgan fingerprint density at radius 2 is 1.73 bits per heavy atom. The van der Waals surface area contributed by atoms with Crippen LogP contribution in [-0.2, 0) is 34.3 Å². The first kappa shape index (κ1) is 27.7. The summed E-state index contributed by atoms with van der Waals surface area (Å²) in [4.78, 5) is 36.5. The molecular weight excluding hydrogens is 494 g/mol. The molecule has 0 saturated carbocycles. The molecule has 0 bridgehead atoms. The molecule has 0 unspecified atom stereocenters. The molecule has 10 nitrogen and oxygen atoms in total. The van der Waals surface area contributed by atoms with E-state index in [0.29, 0.717) is 34.6 Å². The average Bonchev–Trinajstić information content (AvgIpc) is 3.26. The number of benzene rings is 2. The second kappa shape index (κ2) is 13.4. The molecule has 0 fully saturated rings. The predicted molar refractivity (Wildman–Crippen MR) is 141 cm³/mol. The van der Waals surface area contributed by atoms with Crippen LogP contribution in [0.15, 0.2) is 53.7 Å². The SMILES string of the molecule is CCOC(=O)c1ccc(NC(=O)CSc2nnc(CNC(=O)[C@@H](C)Oc3ccc(CC)cc3)n2C)cc1. The maximum absolute atomic E-state index is 12.5. The average molecular weight is 526 g/mol. The van der Waals surface area contributed by atoms with Gasteiger partial charge in [0.1, 0.15) is 5.75 Å². The highest BCUT2D eigenvalue weighted by molar-refractivity contribution is 7.99. The molecule has 0 saturated heterocycles. The summed E-state index contributed by atoms with van der Waals surface area (Å²) >= 11 is 1.22. The Balaban J connectivity index is 1.45. The number of carbonyl (C=O) groups is 3. The molecule has 37 heavy (non-hydrogen) atoms. The Morgan fingerprint density at radius 3 is 2.38 bits per heavy atom. The fourth-order valence-electron chi connectivity index (χ4n) is 3.23. The van der Waals surface area contributed by atoms with Crippen LogP contribution < -0.4 is 15.4 Å².